The van der Waals surface area contributed by atoms with E-state index in [-0.39, 0.29) is 42.3 Å². The number of carbonyl (C=O) groups is 2. The van der Waals surface area contributed by atoms with Crippen LogP contribution in [-0.2, 0) is 14.3 Å². The second-order valence-corrected chi connectivity index (χ2v) is 4.20. The van der Waals surface area contributed by atoms with Crippen LogP contribution < -0.4 is 10.6 Å². The maximum atomic E-state index is 11.5. The highest BCUT2D eigenvalue weighted by atomic mass is 35.5. The number of hydrogen-bond acceptors (Lipinski definition) is 4. The predicted molar refractivity (Wildman–Crippen MR) is 60.3 cm³/mol. The normalized spacial score (nSPS) is 28.1. The molecule has 0 aromatic heterocycles. The van der Waals surface area contributed by atoms with Crippen LogP contribution in [0.25, 0.3) is 0 Å². The second kappa shape index (κ2) is 5.50. The summed E-state index contributed by atoms with van der Waals surface area (Å²) in [7, 11) is 1.38. The van der Waals surface area contributed by atoms with Crippen LogP contribution in [0.3, 0.4) is 0 Å². The molecule has 2 atom stereocenters. The molecular weight excluding hydrogens is 232 g/mol. The number of amides is 1. The zero-order valence-electron chi connectivity index (χ0n) is 9.19. The summed E-state index contributed by atoms with van der Waals surface area (Å²) in [4.78, 5) is 22.6. The van der Waals surface area contributed by atoms with Gasteiger partial charge in [0.2, 0.25) is 5.91 Å². The van der Waals surface area contributed by atoms with Gasteiger partial charge in [-0.05, 0) is 19.3 Å². The first-order valence-corrected chi connectivity index (χ1v) is 5.32. The van der Waals surface area contributed by atoms with Gasteiger partial charge in [0.25, 0.3) is 0 Å². The maximum absolute atomic E-state index is 11.5. The lowest BCUT2D eigenvalue weighted by Gasteiger charge is -2.10. The molecular formula is C10H17ClN2O3. The van der Waals surface area contributed by atoms with Crippen LogP contribution in [0, 0.1) is 5.92 Å². The van der Waals surface area contributed by atoms with Crippen LogP contribution in [0.4, 0.5) is 0 Å². The Morgan fingerprint density at radius 1 is 1.38 bits per heavy atom. The first kappa shape index (κ1) is 13.3. The number of carbonyl (C=O) groups excluding carboxylic acids is 2. The van der Waals surface area contributed by atoms with E-state index in [0.29, 0.717) is 13.0 Å². The molecule has 1 amide bonds. The summed E-state index contributed by atoms with van der Waals surface area (Å²) < 4.78 is 4.63. The molecule has 1 heterocycles. The third-order valence-electron chi connectivity index (χ3n) is 2.91. The minimum atomic E-state index is -0.264. The fraction of sp³-hybridized carbons (Fsp3) is 0.800. The maximum Gasteiger partial charge on any atom is 0.322 e. The Kier molecular flexibility index (Phi) is 4.56. The van der Waals surface area contributed by atoms with Crippen molar-refractivity contribution in [2.24, 2.45) is 5.92 Å². The van der Waals surface area contributed by atoms with E-state index >= 15 is 0 Å². The van der Waals surface area contributed by atoms with Crippen LogP contribution in [0.15, 0.2) is 0 Å². The molecule has 2 fully saturated rings. The summed E-state index contributed by atoms with van der Waals surface area (Å²) in [5.74, 6) is 0.104. The third kappa shape index (κ3) is 3.09. The molecule has 0 bridgehead atoms. The van der Waals surface area contributed by atoms with Gasteiger partial charge in [-0.25, -0.2) is 0 Å². The van der Waals surface area contributed by atoms with E-state index in [4.69, 9.17) is 0 Å². The molecule has 92 valence electrons. The number of ether oxygens (including phenoxy) is 1. The minimum absolute atomic E-state index is 0. The van der Waals surface area contributed by atoms with Crippen molar-refractivity contribution >= 4 is 24.3 Å². The van der Waals surface area contributed by atoms with Crippen molar-refractivity contribution in [3.8, 4) is 0 Å². The van der Waals surface area contributed by atoms with Crippen molar-refractivity contribution in [2.45, 2.75) is 31.3 Å². The Morgan fingerprint density at radius 2 is 2.06 bits per heavy atom. The lowest BCUT2D eigenvalue weighted by molar-refractivity contribution is -0.142. The quantitative estimate of drug-likeness (QED) is 0.681. The molecule has 2 N–H and O–H groups in total. The van der Waals surface area contributed by atoms with E-state index in [2.05, 4.69) is 15.4 Å². The van der Waals surface area contributed by atoms with Crippen LogP contribution in [0.1, 0.15) is 19.3 Å². The first-order valence-electron chi connectivity index (χ1n) is 5.32. The molecule has 5 nitrogen and oxygen atoms in total. The Hall–Kier alpha value is -0.810. The van der Waals surface area contributed by atoms with Gasteiger partial charge >= 0.3 is 5.97 Å². The van der Waals surface area contributed by atoms with Gasteiger partial charge in [-0.15, -0.1) is 12.4 Å². The fourth-order valence-electron chi connectivity index (χ4n) is 1.83. The zero-order valence-corrected chi connectivity index (χ0v) is 10.0. The lowest BCUT2D eigenvalue weighted by Crippen LogP contribution is -2.37. The number of esters is 1. The first-order chi connectivity index (χ1) is 7.20. The minimum Gasteiger partial charge on any atom is -0.468 e. The summed E-state index contributed by atoms with van der Waals surface area (Å²) >= 11 is 0. The molecule has 0 radical (unpaired) electrons. The van der Waals surface area contributed by atoms with Gasteiger partial charge in [0, 0.05) is 18.5 Å². The van der Waals surface area contributed by atoms with Crippen molar-refractivity contribution < 1.29 is 14.3 Å². The lowest BCUT2D eigenvalue weighted by atomic mass is 10.1. The largest absolute Gasteiger partial charge is 0.468 e. The van der Waals surface area contributed by atoms with Crippen LogP contribution in [-0.4, -0.2) is 37.6 Å². The average Bonchev–Trinajstić information content (AvgIpc) is 2.99. The van der Waals surface area contributed by atoms with Crippen molar-refractivity contribution in [1.82, 2.24) is 10.6 Å². The van der Waals surface area contributed by atoms with Gasteiger partial charge < -0.3 is 15.4 Å². The second-order valence-electron chi connectivity index (χ2n) is 4.20. The number of hydrogen-bond donors (Lipinski definition) is 2. The SMILES string of the molecule is COC(=O)[C@@H]1CC(NC(=O)C2CC2)CN1.Cl. The third-order valence-corrected chi connectivity index (χ3v) is 2.91. The molecule has 6 heteroatoms. The van der Waals surface area contributed by atoms with E-state index in [1.165, 1.54) is 7.11 Å². The molecule has 0 spiro atoms. The van der Waals surface area contributed by atoms with Gasteiger partial charge in [-0.1, -0.05) is 0 Å². The number of halogens is 1. The van der Waals surface area contributed by atoms with Gasteiger partial charge in [-0.3, -0.25) is 9.59 Å². The standard InChI is InChI=1S/C10H16N2O3.ClH/c1-15-10(14)8-4-7(5-11-8)12-9(13)6-2-3-6;/h6-8,11H,2-5H2,1H3,(H,12,13);1H/t7?,8-;/m0./s1. The highest BCUT2D eigenvalue weighted by Gasteiger charge is 2.35. The van der Waals surface area contributed by atoms with Crippen molar-refractivity contribution in [1.29, 1.82) is 0 Å². The molecule has 1 saturated carbocycles. The highest BCUT2D eigenvalue weighted by Crippen LogP contribution is 2.29. The summed E-state index contributed by atoms with van der Waals surface area (Å²) in [6.07, 6.45) is 2.64. The van der Waals surface area contributed by atoms with Gasteiger partial charge in [-0.2, -0.15) is 0 Å². The Balaban J connectivity index is 0.00000128. The van der Waals surface area contributed by atoms with Crippen LogP contribution in [0.5, 0.6) is 0 Å². The smallest absolute Gasteiger partial charge is 0.322 e. The monoisotopic (exact) mass is 248 g/mol. The van der Waals surface area contributed by atoms with Crippen LogP contribution >= 0.6 is 12.4 Å². The molecule has 2 aliphatic rings. The Bertz CT molecular complexity index is 281. The number of rotatable bonds is 3. The van der Waals surface area contributed by atoms with Crippen LogP contribution in [0.2, 0.25) is 0 Å². The topological polar surface area (TPSA) is 67.4 Å². The van der Waals surface area contributed by atoms with E-state index in [1.807, 2.05) is 0 Å². The fourth-order valence-corrected chi connectivity index (χ4v) is 1.83. The summed E-state index contributed by atoms with van der Waals surface area (Å²) in [5, 5.41) is 5.97. The van der Waals surface area contributed by atoms with Crippen molar-refractivity contribution in [3.63, 3.8) is 0 Å². The van der Waals surface area contributed by atoms with Gasteiger partial charge in [0.05, 0.1) is 7.11 Å². The number of methoxy groups -OCH3 is 1. The van der Waals surface area contributed by atoms with E-state index < -0.39 is 0 Å². The predicted octanol–water partition coefficient (Wildman–Crippen LogP) is -0.162. The van der Waals surface area contributed by atoms with Crippen molar-refractivity contribution in [2.75, 3.05) is 13.7 Å². The zero-order chi connectivity index (χ0) is 10.8. The van der Waals surface area contributed by atoms with E-state index in [1.54, 1.807) is 0 Å². The number of nitrogens with one attached hydrogen (secondary N) is 2. The molecule has 0 aromatic carbocycles. The molecule has 1 aliphatic carbocycles. The average molecular weight is 249 g/mol. The van der Waals surface area contributed by atoms with Gasteiger partial charge in [0.1, 0.15) is 6.04 Å². The Morgan fingerprint density at radius 3 is 2.62 bits per heavy atom. The molecule has 1 unspecified atom stereocenters. The van der Waals surface area contributed by atoms with Gasteiger partial charge in [0.15, 0.2) is 0 Å². The molecule has 1 saturated heterocycles. The van der Waals surface area contributed by atoms with Crippen molar-refractivity contribution in [3.05, 3.63) is 0 Å². The summed E-state index contributed by atoms with van der Waals surface area (Å²) in [5.41, 5.74) is 0. The van der Waals surface area contributed by atoms with E-state index in [0.717, 1.165) is 12.8 Å². The summed E-state index contributed by atoms with van der Waals surface area (Å²) in [6.45, 7) is 0.651. The molecule has 0 aromatic rings. The Labute approximate surface area is 101 Å². The molecule has 1 aliphatic heterocycles. The summed E-state index contributed by atoms with van der Waals surface area (Å²) in [6, 6.07) is -0.193. The molecule has 16 heavy (non-hydrogen) atoms. The molecule has 2 rings (SSSR count). The van der Waals surface area contributed by atoms with E-state index in [9.17, 15) is 9.59 Å². The highest BCUT2D eigenvalue weighted by molar-refractivity contribution is 5.85.